The summed E-state index contributed by atoms with van der Waals surface area (Å²) in [7, 11) is 0. The fraction of sp³-hybridized carbons (Fsp3) is 0. The van der Waals surface area contributed by atoms with Gasteiger partial charge in [0.05, 0.1) is 22.8 Å². The predicted molar refractivity (Wildman–Crippen MR) is 130 cm³/mol. The highest BCUT2D eigenvalue weighted by Gasteiger charge is 2.11. The predicted octanol–water partition coefficient (Wildman–Crippen LogP) is 6.14. The van der Waals surface area contributed by atoms with Crippen LogP contribution in [0.1, 0.15) is 33.1 Å². The van der Waals surface area contributed by atoms with Gasteiger partial charge in [-0.2, -0.15) is 0 Å². The van der Waals surface area contributed by atoms with Gasteiger partial charge in [-0.05, 0) is 72.3 Å². The van der Waals surface area contributed by atoms with Crippen LogP contribution in [0, 0.1) is 0 Å². The van der Waals surface area contributed by atoms with E-state index in [1.165, 1.54) is 0 Å². The summed E-state index contributed by atoms with van der Waals surface area (Å²) in [5.41, 5.74) is 10.0. The van der Waals surface area contributed by atoms with Crippen LogP contribution in [0.4, 0.5) is 0 Å². The monoisotopic (exact) mass is 414 g/mol. The maximum Gasteiger partial charge on any atom is 0.150 e. The Morgan fingerprint density at radius 2 is 1.22 bits per heavy atom. The van der Waals surface area contributed by atoms with Crippen LogP contribution in [-0.2, 0) is 0 Å². The van der Waals surface area contributed by atoms with Gasteiger partial charge in [0.2, 0.25) is 0 Å². The number of carbonyl (C=O) groups is 1. The molecule has 4 aromatic rings. The Kier molecular flexibility index (Phi) is 4.18. The van der Waals surface area contributed by atoms with Crippen molar-refractivity contribution in [2.75, 3.05) is 0 Å². The molecular weight excluding hydrogens is 396 g/mol. The fourth-order valence-corrected chi connectivity index (χ4v) is 4.04. The standard InChI is InChI=1S/C27H18N4O/c32-16-17-1-3-18(4-2-17)27-25-11-9-23(30-25)14-21-7-5-19(28-21)13-20-6-8-22(29-20)15-24-10-12-26(27)31-24/h1-16,28,31H. The van der Waals surface area contributed by atoms with Gasteiger partial charge in [-0.3, -0.25) is 4.79 Å². The fourth-order valence-electron chi connectivity index (χ4n) is 4.04. The molecule has 2 N–H and O–H groups in total. The van der Waals surface area contributed by atoms with E-state index in [1.54, 1.807) is 0 Å². The average molecular weight is 414 g/mol. The normalized spacial score (nSPS) is 12.2. The molecule has 0 atom stereocenters. The van der Waals surface area contributed by atoms with Gasteiger partial charge in [0.25, 0.3) is 0 Å². The highest BCUT2D eigenvalue weighted by Crippen LogP contribution is 2.30. The largest absolute Gasteiger partial charge is 0.355 e. The second kappa shape index (κ2) is 7.32. The van der Waals surface area contributed by atoms with Crippen LogP contribution in [0.15, 0.2) is 66.7 Å². The van der Waals surface area contributed by atoms with Gasteiger partial charge in [-0.1, -0.05) is 24.3 Å². The highest BCUT2D eigenvalue weighted by atomic mass is 16.1. The van der Waals surface area contributed by atoms with E-state index in [4.69, 9.17) is 9.97 Å². The number of nitrogens with one attached hydrogen (secondary N) is 2. The van der Waals surface area contributed by atoms with Crippen LogP contribution in [0.2, 0.25) is 0 Å². The smallest absolute Gasteiger partial charge is 0.150 e. The Bertz CT molecular complexity index is 1580. The average Bonchev–Trinajstić information content (AvgIpc) is 3.60. The molecule has 0 amide bonds. The molecule has 152 valence electrons. The number of H-pyrrole nitrogens is 2. The minimum Gasteiger partial charge on any atom is -0.355 e. The number of carbonyl (C=O) groups excluding carboxylic acids is 1. The quantitative estimate of drug-likeness (QED) is 0.335. The lowest BCUT2D eigenvalue weighted by Gasteiger charge is -2.04. The molecule has 3 aromatic heterocycles. The summed E-state index contributed by atoms with van der Waals surface area (Å²) in [6, 6.07) is 21.8. The second-order valence-electron chi connectivity index (χ2n) is 7.79. The lowest BCUT2D eigenvalue weighted by Crippen LogP contribution is -1.86. The van der Waals surface area contributed by atoms with E-state index in [0.29, 0.717) is 5.56 Å². The summed E-state index contributed by atoms with van der Waals surface area (Å²) in [6.45, 7) is 0. The maximum absolute atomic E-state index is 11.1. The van der Waals surface area contributed by atoms with Crippen molar-refractivity contribution in [2.45, 2.75) is 0 Å². The summed E-state index contributed by atoms with van der Waals surface area (Å²) in [5, 5.41) is 0. The van der Waals surface area contributed by atoms with E-state index >= 15 is 0 Å². The molecule has 6 rings (SSSR count). The van der Waals surface area contributed by atoms with Crippen molar-refractivity contribution < 1.29 is 4.79 Å². The third-order valence-corrected chi connectivity index (χ3v) is 5.56. The Morgan fingerprint density at radius 3 is 1.91 bits per heavy atom. The number of hydrogen-bond acceptors (Lipinski definition) is 3. The Morgan fingerprint density at radius 1 is 0.625 bits per heavy atom. The molecule has 0 saturated carbocycles. The summed E-state index contributed by atoms with van der Waals surface area (Å²) in [5.74, 6) is 0. The Labute approximate surface area is 183 Å². The number of nitrogens with zero attached hydrogens (tertiary/aromatic N) is 2. The number of aromatic nitrogens is 4. The Hall–Kier alpha value is -4.51. The van der Waals surface area contributed by atoms with Crippen molar-refractivity contribution in [3.05, 3.63) is 95.1 Å². The molecule has 0 spiro atoms. The topological polar surface area (TPSA) is 74.4 Å². The molecule has 5 heterocycles. The first kappa shape index (κ1) is 18.3. The first-order valence-corrected chi connectivity index (χ1v) is 10.4. The summed E-state index contributed by atoms with van der Waals surface area (Å²) < 4.78 is 0. The van der Waals surface area contributed by atoms with Crippen molar-refractivity contribution in [3.63, 3.8) is 0 Å². The molecule has 0 fully saturated rings. The maximum atomic E-state index is 11.1. The van der Waals surface area contributed by atoms with Crippen LogP contribution in [0.5, 0.6) is 0 Å². The van der Waals surface area contributed by atoms with Crippen molar-refractivity contribution in [1.29, 1.82) is 0 Å². The zero-order chi connectivity index (χ0) is 21.5. The van der Waals surface area contributed by atoms with Gasteiger partial charge in [0.1, 0.15) is 6.29 Å². The summed E-state index contributed by atoms with van der Waals surface area (Å²) in [4.78, 5) is 27.6. The molecule has 32 heavy (non-hydrogen) atoms. The van der Waals surface area contributed by atoms with Gasteiger partial charge in [0, 0.05) is 33.2 Å². The van der Waals surface area contributed by atoms with Gasteiger partial charge >= 0.3 is 0 Å². The van der Waals surface area contributed by atoms with Crippen molar-refractivity contribution in [2.24, 2.45) is 0 Å². The van der Waals surface area contributed by atoms with Crippen molar-refractivity contribution in [1.82, 2.24) is 19.9 Å². The van der Waals surface area contributed by atoms with E-state index in [2.05, 4.69) is 16.0 Å². The molecule has 0 saturated heterocycles. The molecule has 2 aliphatic rings. The van der Waals surface area contributed by atoms with E-state index < -0.39 is 0 Å². The zero-order valence-corrected chi connectivity index (χ0v) is 17.0. The number of fused-ring (bicyclic) bond motifs is 8. The van der Waals surface area contributed by atoms with E-state index in [0.717, 1.165) is 62.3 Å². The highest BCUT2D eigenvalue weighted by molar-refractivity contribution is 5.91. The minimum absolute atomic E-state index is 0.644. The molecule has 1 aromatic carbocycles. The van der Waals surface area contributed by atoms with E-state index in [1.807, 2.05) is 85.0 Å². The molecule has 0 radical (unpaired) electrons. The van der Waals surface area contributed by atoms with Gasteiger partial charge in [0.15, 0.2) is 0 Å². The van der Waals surface area contributed by atoms with Crippen LogP contribution >= 0.6 is 0 Å². The Balaban J connectivity index is 1.69. The van der Waals surface area contributed by atoms with Crippen molar-refractivity contribution in [3.8, 4) is 11.1 Å². The van der Waals surface area contributed by atoms with Crippen LogP contribution < -0.4 is 0 Å². The van der Waals surface area contributed by atoms with Crippen molar-refractivity contribution >= 4 is 52.7 Å². The lowest BCUT2D eigenvalue weighted by atomic mass is 10.0. The molecule has 0 unspecified atom stereocenters. The number of rotatable bonds is 2. The lowest BCUT2D eigenvalue weighted by molar-refractivity contribution is 0.112. The third kappa shape index (κ3) is 3.36. The number of benzene rings is 1. The second-order valence-corrected chi connectivity index (χ2v) is 7.79. The van der Waals surface area contributed by atoms with E-state index in [9.17, 15) is 4.79 Å². The van der Waals surface area contributed by atoms with Crippen LogP contribution in [0.3, 0.4) is 0 Å². The molecular formula is C27H18N4O. The molecule has 0 aliphatic carbocycles. The molecule has 2 aliphatic heterocycles. The van der Waals surface area contributed by atoms with E-state index in [-0.39, 0.29) is 0 Å². The molecule has 5 nitrogen and oxygen atoms in total. The number of hydrogen-bond donors (Lipinski definition) is 2. The first-order valence-electron chi connectivity index (χ1n) is 10.4. The number of aromatic amines is 2. The third-order valence-electron chi connectivity index (χ3n) is 5.56. The SMILES string of the molecule is O=Cc1ccc(-c2c3nc(cc4ccc(cc5nc(cc6ccc2[nH]6)C=C5)[nH]4)C=C3)cc1. The molecule has 5 heteroatoms. The van der Waals surface area contributed by atoms with Crippen LogP contribution in [0.25, 0.3) is 57.5 Å². The minimum atomic E-state index is 0.644. The van der Waals surface area contributed by atoms with Crippen LogP contribution in [-0.4, -0.2) is 26.2 Å². The first-order chi connectivity index (χ1) is 15.7. The number of aldehydes is 1. The molecule has 8 bridgehead atoms. The van der Waals surface area contributed by atoms with Gasteiger partial charge in [-0.25, -0.2) is 9.97 Å². The van der Waals surface area contributed by atoms with Gasteiger partial charge < -0.3 is 9.97 Å². The van der Waals surface area contributed by atoms with Gasteiger partial charge in [-0.15, -0.1) is 0 Å². The summed E-state index contributed by atoms with van der Waals surface area (Å²) >= 11 is 0. The summed E-state index contributed by atoms with van der Waals surface area (Å²) in [6.07, 6.45) is 8.91. The zero-order valence-electron chi connectivity index (χ0n) is 17.0.